The van der Waals surface area contributed by atoms with Crippen molar-refractivity contribution in [3.63, 3.8) is 0 Å². The Labute approximate surface area is 88.2 Å². The van der Waals surface area contributed by atoms with Gasteiger partial charge in [-0.05, 0) is 39.1 Å². The fraction of sp³-hybridized carbons (Fsp3) is 0.500. The highest BCUT2D eigenvalue weighted by molar-refractivity contribution is 6.69. The summed E-state index contributed by atoms with van der Waals surface area (Å²) in [4.78, 5) is 0. The zero-order valence-electron chi connectivity index (χ0n) is 9.79. The molecule has 1 rings (SSSR count). The summed E-state index contributed by atoms with van der Waals surface area (Å²) in [5, 5.41) is 0. The molecule has 0 N–H and O–H groups in total. The van der Waals surface area contributed by atoms with Gasteiger partial charge in [0.25, 0.3) is 0 Å². The summed E-state index contributed by atoms with van der Waals surface area (Å²) in [6.45, 7) is 10.9. The third-order valence-electron chi connectivity index (χ3n) is 2.08. The van der Waals surface area contributed by atoms with E-state index in [1.165, 1.54) is 11.1 Å². The summed E-state index contributed by atoms with van der Waals surface area (Å²) >= 11 is 0. The van der Waals surface area contributed by atoms with Crippen molar-refractivity contribution >= 4 is 8.32 Å². The lowest BCUT2D eigenvalue weighted by Crippen LogP contribution is -2.26. The van der Waals surface area contributed by atoms with Crippen LogP contribution >= 0.6 is 0 Å². The smallest absolute Gasteiger partial charge is 0.184 e. The van der Waals surface area contributed by atoms with Crippen LogP contribution in [0.3, 0.4) is 0 Å². The Morgan fingerprint density at radius 2 is 1.57 bits per heavy atom. The largest absolute Gasteiger partial charge is 0.411 e. The van der Waals surface area contributed by atoms with E-state index in [4.69, 9.17) is 4.43 Å². The highest BCUT2D eigenvalue weighted by atomic mass is 28.4. The first-order valence-corrected chi connectivity index (χ1v) is 8.54. The predicted octanol–water partition coefficient (Wildman–Crippen LogP) is 3.91. The Morgan fingerprint density at radius 1 is 1.07 bits per heavy atom. The van der Waals surface area contributed by atoms with Crippen LogP contribution in [-0.2, 0) is 4.43 Å². The molecule has 1 aromatic rings. The van der Waals surface area contributed by atoms with Crippen molar-refractivity contribution in [2.75, 3.05) is 0 Å². The summed E-state index contributed by atoms with van der Waals surface area (Å²) in [7, 11) is -1.42. The highest BCUT2D eigenvalue weighted by Gasteiger charge is 2.18. The van der Waals surface area contributed by atoms with E-state index in [9.17, 15) is 0 Å². The van der Waals surface area contributed by atoms with Crippen LogP contribution in [-0.4, -0.2) is 8.32 Å². The highest BCUT2D eigenvalue weighted by Crippen LogP contribution is 2.21. The van der Waals surface area contributed by atoms with Crippen molar-refractivity contribution in [1.29, 1.82) is 0 Å². The van der Waals surface area contributed by atoms with E-state index < -0.39 is 8.32 Å². The average molecular weight is 208 g/mol. The van der Waals surface area contributed by atoms with Crippen LogP contribution in [0.15, 0.2) is 24.3 Å². The maximum Gasteiger partial charge on any atom is 0.184 e. The fourth-order valence-corrected chi connectivity index (χ4v) is 2.63. The zero-order chi connectivity index (χ0) is 10.8. The molecule has 0 aromatic heterocycles. The van der Waals surface area contributed by atoms with Gasteiger partial charge in [0, 0.05) is 0 Å². The van der Waals surface area contributed by atoms with Gasteiger partial charge in [0.15, 0.2) is 8.32 Å². The summed E-state index contributed by atoms with van der Waals surface area (Å²) in [5.74, 6) is 0. The normalized spacial score (nSPS) is 14.1. The summed E-state index contributed by atoms with van der Waals surface area (Å²) in [6, 6.07) is 8.58. The maximum absolute atomic E-state index is 6.00. The van der Waals surface area contributed by atoms with Crippen LogP contribution in [0.5, 0.6) is 0 Å². The zero-order valence-corrected chi connectivity index (χ0v) is 10.8. The summed E-state index contributed by atoms with van der Waals surface area (Å²) < 4.78 is 6.00. The van der Waals surface area contributed by atoms with Gasteiger partial charge < -0.3 is 4.43 Å². The Balaban J connectivity index is 2.70. The van der Waals surface area contributed by atoms with Crippen molar-refractivity contribution in [2.24, 2.45) is 0 Å². The number of hydrogen-bond donors (Lipinski definition) is 0. The molecule has 0 saturated heterocycles. The second-order valence-corrected chi connectivity index (χ2v) is 9.24. The quantitative estimate of drug-likeness (QED) is 0.684. The first kappa shape index (κ1) is 11.5. The SMILES string of the molecule is Cc1ccc(C(C)O[Si](C)(C)C)cc1. The molecule has 0 aliphatic heterocycles. The lowest BCUT2D eigenvalue weighted by atomic mass is 10.1. The number of benzene rings is 1. The van der Waals surface area contributed by atoms with Crippen molar-refractivity contribution in [3.05, 3.63) is 35.4 Å². The molecule has 0 heterocycles. The van der Waals surface area contributed by atoms with E-state index in [0.717, 1.165) is 0 Å². The predicted molar refractivity (Wildman–Crippen MR) is 64.0 cm³/mol. The molecule has 0 spiro atoms. The fourth-order valence-electron chi connectivity index (χ4n) is 1.44. The third-order valence-corrected chi connectivity index (χ3v) is 3.14. The molecular formula is C12H20OSi. The molecule has 1 atom stereocenters. The van der Waals surface area contributed by atoms with Crippen LogP contribution < -0.4 is 0 Å². The Morgan fingerprint density at radius 3 is 2.00 bits per heavy atom. The maximum atomic E-state index is 6.00. The minimum atomic E-state index is -1.42. The summed E-state index contributed by atoms with van der Waals surface area (Å²) in [5.41, 5.74) is 2.58. The van der Waals surface area contributed by atoms with Crippen molar-refractivity contribution < 1.29 is 4.43 Å². The molecule has 0 fully saturated rings. The number of hydrogen-bond acceptors (Lipinski definition) is 1. The van der Waals surface area contributed by atoms with Gasteiger partial charge in [0.1, 0.15) is 0 Å². The second-order valence-electron chi connectivity index (χ2n) is 4.78. The first-order chi connectivity index (χ1) is 6.38. The molecule has 14 heavy (non-hydrogen) atoms. The Hall–Kier alpha value is -0.603. The average Bonchev–Trinajstić information content (AvgIpc) is 2.02. The molecule has 1 aromatic carbocycles. The van der Waals surface area contributed by atoms with E-state index >= 15 is 0 Å². The van der Waals surface area contributed by atoms with Crippen LogP contribution in [0.1, 0.15) is 24.2 Å². The topological polar surface area (TPSA) is 9.23 Å². The van der Waals surface area contributed by atoms with Gasteiger partial charge in [-0.25, -0.2) is 0 Å². The molecule has 78 valence electrons. The molecule has 0 radical (unpaired) electrons. The van der Waals surface area contributed by atoms with Gasteiger partial charge in [-0.15, -0.1) is 0 Å². The third kappa shape index (κ3) is 3.64. The van der Waals surface area contributed by atoms with Gasteiger partial charge >= 0.3 is 0 Å². The van der Waals surface area contributed by atoms with Crippen molar-refractivity contribution in [3.8, 4) is 0 Å². The van der Waals surface area contributed by atoms with Crippen LogP contribution in [0, 0.1) is 6.92 Å². The van der Waals surface area contributed by atoms with Gasteiger partial charge in [-0.1, -0.05) is 29.8 Å². The second kappa shape index (κ2) is 4.28. The molecule has 0 aliphatic carbocycles. The van der Waals surface area contributed by atoms with Crippen molar-refractivity contribution in [2.45, 2.75) is 39.6 Å². The van der Waals surface area contributed by atoms with E-state index in [1.54, 1.807) is 0 Å². The monoisotopic (exact) mass is 208 g/mol. The van der Waals surface area contributed by atoms with E-state index in [-0.39, 0.29) is 6.10 Å². The standard InChI is InChI=1S/C12H20OSi/c1-10-6-8-12(9-7-10)11(2)13-14(3,4)5/h6-9,11H,1-5H3. The molecule has 0 bridgehead atoms. The Kier molecular flexibility index (Phi) is 3.51. The minimum Gasteiger partial charge on any atom is -0.411 e. The molecule has 0 aliphatic rings. The molecule has 1 nitrogen and oxygen atoms in total. The molecule has 0 saturated carbocycles. The molecular weight excluding hydrogens is 188 g/mol. The van der Waals surface area contributed by atoms with E-state index in [0.29, 0.717) is 0 Å². The Bertz CT molecular complexity index is 284. The van der Waals surface area contributed by atoms with E-state index in [2.05, 4.69) is 57.8 Å². The van der Waals surface area contributed by atoms with Crippen molar-refractivity contribution in [1.82, 2.24) is 0 Å². The van der Waals surface area contributed by atoms with Gasteiger partial charge in [-0.3, -0.25) is 0 Å². The lowest BCUT2D eigenvalue weighted by molar-refractivity contribution is 0.219. The van der Waals surface area contributed by atoms with Crippen LogP contribution in [0.2, 0.25) is 19.6 Å². The van der Waals surface area contributed by atoms with Gasteiger partial charge in [0.2, 0.25) is 0 Å². The van der Waals surface area contributed by atoms with Crippen LogP contribution in [0.25, 0.3) is 0 Å². The molecule has 1 unspecified atom stereocenters. The number of aryl methyl sites for hydroxylation is 1. The minimum absolute atomic E-state index is 0.224. The van der Waals surface area contributed by atoms with Crippen LogP contribution in [0.4, 0.5) is 0 Å². The van der Waals surface area contributed by atoms with Gasteiger partial charge in [0.05, 0.1) is 6.10 Å². The first-order valence-electron chi connectivity index (χ1n) is 5.13. The number of rotatable bonds is 3. The molecule has 0 amide bonds. The lowest BCUT2D eigenvalue weighted by Gasteiger charge is -2.23. The van der Waals surface area contributed by atoms with E-state index in [1.807, 2.05) is 0 Å². The van der Waals surface area contributed by atoms with Gasteiger partial charge in [-0.2, -0.15) is 0 Å². The molecule has 2 heteroatoms. The summed E-state index contributed by atoms with van der Waals surface area (Å²) in [6.07, 6.45) is 0.224.